The number of nitrogens with zero attached hydrogens (tertiary/aromatic N) is 2. The van der Waals surface area contributed by atoms with E-state index < -0.39 is 5.41 Å². The molecule has 1 atom stereocenters. The molecular formula is C15H23N3O2S. The monoisotopic (exact) mass is 309 g/mol. The molecule has 1 aromatic rings. The zero-order valence-electron chi connectivity index (χ0n) is 12.8. The van der Waals surface area contributed by atoms with Crippen LogP contribution in [0.4, 0.5) is 0 Å². The summed E-state index contributed by atoms with van der Waals surface area (Å²) >= 11 is 1.75. The lowest BCUT2D eigenvalue weighted by molar-refractivity contribution is -0.141. The topological polar surface area (TPSA) is 78.9 Å². The van der Waals surface area contributed by atoms with E-state index in [9.17, 15) is 4.79 Å². The molecule has 5 nitrogen and oxygen atoms in total. The van der Waals surface area contributed by atoms with Crippen LogP contribution in [0.15, 0.2) is 16.6 Å². The van der Waals surface area contributed by atoms with Crippen molar-refractivity contribution in [1.82, 2.24) is 4.90 Å². The van der Waals surface area contributed by atoms with Crippen LogP contribution >= 0.6 is 11.3 Å². The number of fused-ring (bicyclic) bond motifs is 1. The van der Waals surface area contributed by atoms with Crippen molar-refractivity contribution in [3.63, 3.8) is 0 Å². The van der Waals surface area contributed by atoms with Crippen molar-refractivity contribution < 1.29 is 10.0 Å². The van der Waals surface area contributed by atoms with Crippen LogP contribution in [0, 0.1) is 5.41 Å². The Morgan fingerprint density at radius 3 is 2.81 bits per heavy atom. The molecule has 2 rings (SSSR count). The number of hydrogen-bond acceptors (Lipinski definition) is 4. The summed E-state index contributed by atoms with van der Waals surface area (Å²) in [6.45, 7) is 6.55. The number of amides is 1. The lowest BCUT2D eigenvalue weighted by atomic mass is 9.78. The molecule has 2 heterocycles. The molecule has 0 aliphatic carbocycles. The highest BCUT2D eigenvalue weighted by molar-refractivity contribution is 7.10. The second kappa shape index (κ2) is 6.05. The van der Waals surface area contributed by atoms with Crippen molar-refractivity contribution in [3.8, 4) is 0 Å². The summed E-state index contributed by atoms with van der Waals surface area (Å²) in [4.78, 5) is 16.3. The maximum Gasteiger partial charge on any atom is 0.237 e. The third kappa shape index (κ3) is 2.41. The van der Waals surface area contributed by atoms with Crippen molar-refractivity contribution in [1.29, 1.82) is 0 Å². The fraction of sp³-hybridized carbons (Fsp3) is 0.600. The van der Waals surface area contributed by atoms with E-state index >= 15 is 0 Å². The molecule has 0 saturated carbocycles. The van der Waals surface area contributed by atoms with E-state index in [-0.39, 0.29) is 17.8 Å². The van der Waals surface area contributed by atoms with Crippen LogP contribution in [0.1, 0.15) is 50.1 Å². The Balaban J connectivity index is 2.35. The van der Waals surface area contributed by atoms with Crippen LogP contribution in [0.5, 0.6) is 0 Å². The molecule has 0 bridgehead atoms. The predicted molar refractivity (Wildman–Crippen MR) is 84.6 cm³/mol. The Morgan fingerprint density at radius 2 is 2.24 bits per heavy atom. The van der Waals surface area contributed by atoms with E-state index in [0.29, 0.717) is 19.4 Å². The summed E-state index contributed by atoms with van der Waals surface area (Å²) in [5, 5.41) is 14.3. The third-order valence-corrected chi connectivity index (χ3v) is 5.75. The first kappa shape index (κ1) is 15.8. The Bertz CT molecular complexity index is 549. The SMILES string of the molecule is CCC(CC)(C(=O)N1CCc2sccc2C1C)C(N)=NO. The average molecular weight is 309 g/mol. The van der Waals surface area contributed by atoms with Crippen LogP contribution < -0.4 is 5.73 Å². The van der Waals surface area contributed by atoms with Gasteiger partial charge < -0.3 is 15.8 Å². The summed E-state index contributed by atoms with van der Waals surface area (Å²) < 4.78 is 0. The van der Waals surface area contributed by atoms with Gasteiger partial charge in [-0.05, 0) is 43.2 Å². The van der Waals surface area contributed by atoms with Crippen LogP contribution in [0.25, 0.3) is 0 Å². The highest BCUT2D eigenvalue weighted by Gasteiger charge is 2.44. The van der Waals surface area contributed by atoms with Crippen LogP contribution in [-0.4, -0.2) is 28.4 Å². The highest BCUT2D eigenvalue weighted by Crippen LogP contribution is 2.38. The molecule has 1 aromatic heterocycles. The minimum Gasteiger partial charge on any atom is -0.409 e. The smallest absolute Gasteiger partial charge is 0.237 e. The first-order valence-electron chi connectivity index (χ1n) is 7.37. The van der Waals surface area contributed by atoms with Gasteiger partial charge in [-0.1, -0.05) is 19.0 Å². The lowest BCUT2D eigenvalue weighted by Gasteiger charge is -2.40. The van der Waals surface area contributed by atoms with Crippen LogP contribution in [0.2, 0.25) is 0 Å². The summed E-state index contributed by atoms with van der Waals surface area (Å²) in [5.41, 5.74) is 6.17. The maximum atomic E-state index is 13.1. The van der Waals surface area contributed by atoms with E-state index in [2.05, 4.69) is 16.6 Å². The van der Waals surface area contributed by atoms with Crippen molar-refractivity contribution in [2.75, 3.05) is 6.54 Å². The normalized spacial score (nSPS) is 19.5. The molecule has 0 spiro atoms. The minimum atomic E-state index is -0.906. The number of carbonyl (C=O) groups excluding carboxylic acids is 1. The van der Waals surface area contributed by atoms with E-state index in [0.717, 1.165) is 6.42 Å². The second-order valence-electron chi connectivity index (χ2n) is 5.50. The molecule has 0 saturated heterocycles. The van der Waals surface area contributed by atoms with Gasteiger partial charge in [0.1, 0.15) is 5.41 Å². The van der Waals surface area contributed by atoms with Crippen molar-refractivity contribution in [3.05, 3.63) is 21.9 Å². The van der Waals surface area contributed by atoms with E-state index in [1.165, 1.54) is 10.4 Å². The minimum absolute atomic E-state index is 0.0146. The Kier molecular flexibility index (Phi) is 4.56. The molecule has 0 fully saturated rings. The van der Waals surface area contributed by atoms with Crippen LogP contribution in [-0.2, 0) is 11.2 Å². The summed E-state index contributed by atoms with van der Waals surface area (Å²) in [6.07, 6.45) is 1.93. The molecule has 116 valence electrons. The van der Waals surface area contributed by atoms with Gasteiger partial charge in [-0.25, -0.2) is 0 Å². The fourth-order valence-electron chi connectivity index (χ4n) is 3.18. The van der Waals surface area contributed by atoms with Gasteiger partial charge in [0.15, 0.2) is 5.84 Å². The van der Waals surface area contributed by atoms with Gasteiger partial charge in [-0.2, -0.15) is 0 Å². The van der Waals surface area contributed by atoms with Gasteiger partial charge in [-0.15, -0.1) is 11.3 Å². The number of amidine groups is 1. The standard InChI is InChI=1S/C15H23N3O2S/c1-4-15(5-2,13(16)17-20)14(19)18-8-6-12-11(10(18)3)7-9-21-12/h7,9-10,20H,4-6,8H2,1-3H3,(H2,16,17). The first-order valence-corrected chi connectivity index (χ1v) is 8.25. The van der Waals surface area contributed by atoms with E-state index in [1.807, 2.05) is 25.7 Å². The van der Waals surface area contributed by atoms with Gasteiger partial charge in [0.05, 0.1) is 6.04 Å². The number of thiophene rings is 1. The first-order chi connectivity index (χ1) is 10.0. The molecule has 0 radical (unpaired) electrons. The maximum absolute atomic E-state index is 13.1. The highest BCUT2D eigenvalue weighted by atomic mass is 32.1. The second-order valence-corrected chi connectivity index (χ2v) is 6.50. The van der Waals surface area contributed by atoms with E-state index in [4.69, 9.17) is 10.9 Å². The third-order valence-electron chi connectivity index (χ3n) is 4.75. The molecule has 1 unspecified atom stereocenters. The largest absolute Gasteiger partial charge is 0.409 e. The van der Waals surface area contributed by atoms with Crippen LogP contribution in [0.3, 0.4) is 0 Å². The number of rotatable bonds is 4. The zero-order valence-corrected chi connectivity index (χ0v) is 13.6. The summed E-state index contributed by atoms with van der Waals surface area (Å²) in [5.74, 6) is -0.0204. The number of carbonyl (C=O) groups is 1. The predicted octanol–water partition coefficient (Wildman–Crippen LogP) is 2.75. The van der Waals surface area contributed by atoms with Crippen molar-refractivity contribution >= 4 is 23.1 Å². The molecule has 21 heavy (non-hydrogen) atoms. The molecule has 1 aliphatic heterocycles. The van der Waals surface area contributed by atoms with Gasteiger partial charge in [0.2, 0.25) is 5.91 Å². The van der Waals surface area contributed by atoms with Crippen molar-refractivity contribution in [2.24, 2.45) is 16.3 Å². The molecule has 6 heteroatoms. The quantitative estimate of drug-likeness (QED) is 0.388. The molecule has 0 aromatic carbocycles. The Labute approximate surface area is 129 Å². The number of nitrogens with two attached hydrogens (primary N) is 1. The number of hydrogen-bond donors (Lipinski definition) is 2. The number of oxime groups is 1. The molecule has 1 amide bonds. The van der Waals surface area contributed by atoms with Gasteiger partial charge >= 0.3 is 0 Å². The van der Waals surface area contributed by atoms with Gasteiger partial charge in [-0.3, -0.25) is 4.79 Å². The lowest BCUT2D eigenvalue weighted by Crippen LogP contribution is -2.52. The van der Waals surface area contributed by atoms with Gasteiger partial charge in [0, 0.05) is 11.4 Å². The van der Waals surface area contributed by atoms with Crippen molar-refractivity contribution in [2.45, 2.75) is 46.1 Å². The molecule has 1 aliphatic rings. The van der Waals surface area contributed by atoms with Gasteiger partial charge in [0.25, 0.3) is 0 Å². The molecular weight excluding hydrogens is 286 g/mol. The molecule has 3 N–H and O–H groups in total. The fourth-order valence-corrected chi connectivity index (χ4v) is 4.14. The zero-order chi connectivity index (χ0) is 15.6. The average Bonchev–Trinajstić information content (AvgIpc) is 2.98. The Morgan fingerprint density at radius 1 is 1.57 bits per heavy atom. The Hall–Kier alpha value is -1.56. The summed E-state index contributed by atoms with van der Waals surface area (Å²) in [6, 6.07) is 2.13. The van der Waals surface area contributed by atoms with E-state index in [1.54, 1.807) is 11.3 Å². The summed E-state index contributed by atoms with van der Waals surface area (Å²) in [7, 11) is 0.